The highest BCUT2D eigenvalue weighted by molar-refractivity contribution is 5.66. The van der Waals surface area contributed by atoms with Crippen LogP contribution in [-0.2, 0) is 0 Å². The summed E-state index contributed by atoms with van der Waals surface area (Å²) >= 11 is 0. The summed E-state index contributed by atoms with van der Waals surface area (Å²) in [4.78, 5) is 10.9. The van der Waals surface area contributed by atoms with Crippen molar-refractivity contribution >= 4 is 11.5 Å². The number of fused-ring (bicyclic) bond motifs is 1. The predicted molar refractivity (Wildman–Crippen MR) is 78.9 cm³/mol. The second kappa shape index (κ2) is 5.83. The molecule has 1 aromatic heterocycles. The predicted octanol–water partition coefficient (Wildman–Crippen LogP) is 1.50. The van der Waals surface area contributed by atoms with Gasteiger partial charge in [-0.2, -0.15) is 4.98 Å². The molecule has 6 heteroatoms. The average Bonchev–Trinajstić information content (AvgIpc) is 2.91. The number of hydrogen-bond acceptors (Lipinski definition) is 6. The normalized spacial score (nSPS) is 26.2. The third-order valence-corrected chi connectivity index (χ3v) is 4.29. The number of nitrogens with one attached hydrogen (secondary N) is 1. The van der Waals surface area contributed by atoms with E-state index < -0.39 is 0 Å². The van der Waals surface area contributed by atoms with Crippen LogP contribution in [0.25, 0.3) is 0 Å². The first-order chi connectivity index (χ1) is 9.78. The average molecular weight is 277 g/mol. The molecule has 2 aliphatic heterocycles. The maximum absolute atomic E-state index is 6.07. The van der Waals surface area contributed by atoms with E-state index in [0.717, 1.165) is 12.5 Å². The molecule has 20 heavy (non-hydrogen) atoms. The van der Waals surface area contributed by atoms with Crippen molar-refractivity contribution < 1.29 is 4.74 Å². The molecule has 6 nitrogen and oxygen atoms in total. The van der Waals surface area contributed by atoms with E-state index in [4.69, 9.17) is 10.5 Å². The third kappa shape index (κ3) is 2.65. The molecule has 0 amide bonds. The van der Waals surface area contributed by atoms with Crippen LogP contribution in [-0.4, -0.2) is 46.6 Å². The number of ether oxygens (including phenoxy) is 1. The number of nitrogen functional groups attached to an aromatic ring is 1. The highest BCUT2D eigenvalue weighted by Crippen LogP contribution is 2.30. The van der Waals surface area contributed by atoms with E-state index in [1.54, 1.807) is 0 Å². The molecule has 0 bridgehead atoms. The van der Waals surface area contributed by atoms with E-state index in [9.17, 15) is 0 Å². The Bertz CT molecular complexity index is 467. The van der Waals surface area contributed by atoms with Gasteiger partial charge in [-0.05, 0) is 39.2 Å². The van der Waals surface area contributed by atoms with Crippen molar-refractivity contribution in [2.24, 2.45) is 0 Å². The molecule has 0 spiro atoms. The molecule has 3 rings (SSSR count). The second-order valence-corrected chi connectivity index (χ2v) is 5.57. The number of rotatable bonds is 4. The number of aromatic nitrogens is 2. The summed E-state index contributed by atoms with van der Waals surface area (Å²) in [5.41, 5.74) is 6.59. The minimum Gasteiger partial charge on any atom is -0.476 e. The Hall–Kier alpha value is -1.56. The molecular weight excluding hydrogens is 254 g/mol. The van der Waals surface area contributed by atoms with Gasteiger partial charge in [0, 0.05) is 18.6 Å². The summed E-state index contributed by atoms with van der Waals surface area (Å²) in [6.45, 7) is 4.92. The zero-order valence-corrected chi connectivity index (χ0v) is 12.0. The van der Waals surface area contributed by atoms with Gasteiger partial charge in [-0.1, -0.05) is 0 Å². The van der Waals surface area contributed by atoms with Crippen LogP contribution in [0.3, 0.4) is 0 Å². The lowest BCUT2D eigenvalue weighted by atomic mass is 9.97. The maximum Gasteiger partial charge on any atom is 0.242 e. The fraction of sp³-hybridized carbons (Fsp3) is 0.714. The molecule has 3 N–H and O–H groups in total. The molecule has 3 heterocycles. The third-order valence-electron chi connectivity index (χ3n) is 4.29. The van der Waals surface area contributed by atoms with Crippen LogP contribution < -0.4 is 15.8 Å². The lowest BCUT2D eigenvalue weighted by Gasteiger charge is -2.35. The molecule has 2 aliphatic rings. The van der Waals surface area contributed by atoms with E-state index in [1.807, 2.05) is 6.92 Å². The Labute approximate surface area is 119 Å². The van der Waals surface area contributed by atoms with Crippen LogP contribution in [0.2, 0.25) is 0 Å². The van der Waals surface area contributed by atoms with Gasteiger partial charge < -0.3 is 20.7 Å². The monoisotopic (exact) mass is 277 g/mol. The van der Waals surface area contributed by atoms with E-state index in [1.165, 1.54) is 38.7 Å². The van der Waals surface area contributed by atoms with Gasteiger partial charge in [-0.25, -0.2) is 4.98 Å². The fourth-order valence-electron chi connectivity index (χ4n) is 3.29. The van der Waals surface area contributed by atoms with Crippen LogP contribution in [0.5, 0.6) is 5.88 Å². The minimum absolute atomic E-state index is 0.445. The largest absolute Gasteiger partial charge is 0.476 e. The standard InChI is InChI=1S/C14H23N5O/c1-2-20-14-12(15)13(16-9-17-14)18-10-5-7-19-6-3-4-11(19)8-10/h9-11H,2-8,15H2,1H3,(H,16,17,18). The fourth-order valence-corrected chi connectivity index (χ4v) is 3.29. The summed E-state index contributed by atoms with van der Waals surface area (Å²) in [5.74, 6) is 1.18. The Morgan fingerprint density at radius 3 is 3.15 bits per heavy atom. The van der Waals surface area contributed by atoms with Crippen molar-refractivity contribution in [1.29, 1.82) is 0 Å². The highest BCUT2D eigenvalue weighted by Gasteiger charge is 2.32. The lowest BCUT2D eigenvalue weighted by molar-refractivity contribution is 0.188. The van der Waals surface area contributed by atoms with Crippen LogP contribution in [0, 0.1) is 0 Å². The van der Waals surface area contributed by atoms with Gasteiger partial charge in [0.15, 0.2) is 5.82 Å². The first-order valence-corrected chi connectivity index (χ1v) is 7.51. The summed E-state index contributed by atoms with van der Waals surface area (Å²) in [6.07, 6.45) is 6.48. The van der Waals surface area contributed by atoms with Crippen molar-refractivity contribution in [3.8, 4) is 5.88 Å². The van der Waals surface area contributed by atoms with Gasteiger partial charge in [0.1, 0.15) is 12.0 Å². The van der Waals surface area contributed by atoms with Crippen molar-refractivity contribution in [3.05, 3.63) is 6.33 Å². The van der Waals surface area contributed by atoms with E-state index in [0.29, 0.717) is 30.0 Å². The Morgan fingerprint density at radius 1 is 1.40 bits per heavy atom. The molecule has 0 aliphatic carbocycles. The molecular formula is C14H23N5O. The molecule has 0 aromatic carbocycles. The van der Waals surface area contributed by atoms with Gasteiger partial charge in [-0.3, -0.25) is 0 Å². The molecule has 2 saturated heterocycles. The zero-order valence-electron chi connectivity index (χ0n) is 12.0. The SMILES string of the molecule is CCOc1ncnc(NC2CCN3CCCC3C2)c1N. The minimum atomic E-state index is 0.445. The molecule has 0 radical (unpaired) electrons. The van der Waals surface area contributed by atoms with Crippen molar-refractivity contribution in [2.45, 2.75) is 44.7 Å². The van der Waals surface area contributed by atoms with Gasteiger partial charge in [0.2, 0.25) is 5.88 Å². The Morgan fingerprint density at radius 2 is 2.30 bits per heavy atom. The number of nitrogens with two attached hydrogens (primary N) is 1. The maximum atomic E-state index is 6.07. The van der Waals surface area contributed by atoms with Crippen LogP contribution in [0.4, 0.5) is 11.5 Å². The highest BCUT2D eigenvalue weighted by atomic mass is 16.5. The van der Waals surface area contributed by atoms with Crippen LogP contribution in [0.15, 0.2) is 6.33 Å². The number of nitrogens with zero attached hydrogens (tertiary/aromatic N) is 3. The number of piperidine rings is 1. The van der Waals surface area contributed by atoms with Crippen molar-refractivity contribution in [3.63, 3.8) is 0 Å². The smallest absolute Gasteiger partial charge is 0.242 e. The van der Waals surface area contributed by atoms with Gasteiger partial charge in [-0.15, -0.1) is 0 Å². The molecule has 2 unspecified atom stereocenters. The molecule has 2 atom stereocenters. The van der Waals surface area contributed by atoms with Crippen LogP contribution >= 0.6 is 0 Å². The summed E-state index contributed by atoms with van der Waals surface area (Å²) < 4.78 is 5.41. The van der Waals surface area contributed by atoms with Crippen LogP contribution in [0.1, 0.15) is 32.6 Å². The van der Waals surface area contributed by atoms with Gasteiger partial charge in [0.05, 0.1) is 6.61 Å². The van der Waals surface area contributed by atoms with Crippen molar-refractivity contribution in [2.75, 3.05) is 30.7 Å². The lowest BCUT2D eigenvalue weighted by Crippen LogP contribution is -2.42. The van der Waals surface area contributed by atoms with E-state index in [-0.39, 0.29) is 0 Å². The van der Waals surface area contributed by atoms with E-state index in [2.05, 4.69) is 20.2 Å². The first-order valence-electron chi connectivity index (χ1n) is 7.51. The quantitative estimate of drug-likeness (QED) is 0.868. The van der Waals surface area contributed by atoms with Gasteiger partial charge in [0.25, 0.3) is 0 Å². The first kappa shape index (κ1) is 13.4. The zero-order chi connectivity index (χ0) is 13.9. The Kier molecular flexibility index (Phi) is 3.91. The molecule has 1 aromatic rings. The summed E-state index contributed by atoms with van der Waals surface area (Å²) in [5, 5.41) is 3.48. The topological polar surface area (TPSA) is 76.3 Å². The second-order valence-electron chi connectivity index (χ2n) is 5.57. The summed E-state index contributed by atoms with van der Waals surface area (Å²) in [6, 6.07) is 1.18. The molecule has 110 valence electrons. The molecule has 0 saturated carbocycles. The van der Waals surface area contributed by atoms with Gasteiger partial charge >= 0.3 is 0 Å². The molecule has 2 fully saturated rings. The van der Waals surface area contributed by atoms with E-state index >= 15 is 0 Å². The number of hydrogen-bond donors (Lipinski definition) is 2. The Balaban J connectivity index is 1.67. The van der Waals surface area contributed by atoms with Crippen molar-refractivity contribution in [1.82, 2.24) is 14.9 Å². The summed E-state index contributed by atoms with van der Waals surface area (Å²) in [7, 11) is 0. The number of anilines is 2.